The Kier molecular flexibility index (Phi) is 3.22. The van der Waals surface area contributed by atoms with E-state index in [-0.39, 0.29) is 5.54 Å². The molecule has 1 aliphatic heterocycles. The summed E-state index contributed by atoms with van der Waals surface area (Å²) in [6, 6.07) is 20.2. The van der Waals surface area contributed by atoms with Crippen LogP contribution in [0.3, 0.4) is 0 Å². The van der Waals surface area contributed by atoms with Gasteiger partial charge in [0.25, 0.3) is 6.85 Å². The molecule has 0 fully saturated rings. The number of hydrogen-bond acceptors (Lipinski definition) is 1. The first-order valence-electron chi connectivity index (χ1n) is 7.42. The summed E-state index contributed by atoms with van der Waals surface area (Å²) in [5, 5.41) is 0. The molecule has 0 saturated heterocycles. The number of nitrogens with zero attached hydrogens (tertiary/aromatic N) is 1. The molecular formula is C18H22BN. The average Bonchev–Trinajstić information content (AvgIpc) is 2.74. The highest BCUT2D eigenvalue weighted by Gasteiger charge is 2.44. The Balaban J connectivity index is 2.17. The molecule has 0 saturated carbocycles. The Morgan fingerprint density at radius 1 is 0.900 bits per heavy atom. The zero-order valence-electron chi connectivity index (χ0n) is 12.8. The molecule has 2 aromatic carbocycles. The highest BCUT2D eigenvalue weighted by Crippen LogP contribution is 2.33. The minimum Gasteiger partial charge on any atom is -0.323 e. The van der Waals surface area contributed by atoms with Crippen LogP contribution < -0.4 is 10.9 Å². The maximum atomic E-state index is 2.63. The molecule has 1 aliphatic rings. The quantitative estimate of drug-likeness (QED) is 0.715. The second-order valence-corrected chi connectivity index (χ2v) is 6.70. The summed E-state index contributed by atoms with van der Waals surface area (Å²) in [4.78, 5) is 2.63. The van der Waals surface area contributed by atoms with Crippen LogP contribution in [-0.4, -0.2) is 17.2 Å². The minimum atomic E-state index is 0.138. The van der Waals surface area contributed by atoms with E-state index in [4.69, 9.17) is 0 Å². The number of rotatable bonds is 1. The molecule has 1 nitrogen and oxygen atoms in total. The van der Waals surface area contributed by atoms with Crippen molar-refractivity contribution in [2.75, 3.05) is 0 Å². The van der Waals surface area contributed by atoms with Gasteiger partial charge in [-0.05, 0) is 33.3 Å². The van der Waals surface area contributed by atoms with Crippen molar-refractivity contribution in [3.8, 4) is 0 Å². The van der Waals surface area contributed by atoms with Crippen LogP contribution in [0.25, 0.3) is 0 Å². The molecule has 0 aliphatic carbocycles. The van der Waals surface area contributed by atoms with Crippen molar-refractivity contribution < 1.29 is 0 Å². The lowest BCUT2D eigenvalue weighted by Crippen LogP contribution is -2.58. The lowest BCUT2D eigenvalue weighted by atomic mass is 9.49. The Morgan fingerprint density at radius 3 is 2.15 bits per heavy atom. The first-order valence-corrected chi connectivity index (χ1v) is 7.42. The fraction of sp³-hybridized carbons (Fsp3) is 0.333. The van der Waals surface area contributed by atoms with Gasteiger partial charge in [-0.3, -0.25) is 0 Å². The summed E-state index contributed by atoms with van der Waals surface area (Å²) in [7, 11) is 0. The largest absolute Gasteiger partial charge is 0.323 e. The highest BCUT2D eigenvalue weighted by molar-refractivity contribution is 6.84. The van der Waals surface area contributed by atoms with Crippen molar-refractivity contribution in [1.82, 2.24) is 4.81 Å². The summed E-state index contributed by atoms with van der Waals surface area (Å²) < 4.78 is 0. The maximum Gasteiger partial charge on any atom is 0.293 e. The van der Waals surface area contributed by atoms with Crippen molar-refractivity contribution in [1.29, 1.82) is 0 Å². The molecule has 1 atom stereocenters. The van der Waals surface area contributed by atoms with Crippen LogP contribution in [0.1, 0.15) is 39.3 Å². The normalized spacial score (nSPS) is 19.2. The lowest BCUT2D eigenvalue weighted by Gasteiger charge is -2.40. The van der Waals surface area contributed by atoms with Gasteiger partial charge in [0, 0.05) is 11.6 Å². The Hall–Kier alpha value is -1.54. The summed E-state index contributed by atoms with van der Waals surface area (Å²) >= 11 is 0. The third-order valence-electron chi connectivity index (χ3n) is 4.33. The molecular weight excluding hydrogens is 241 g/mol. The van der Waals surface area contributed by atoms with Crippen LogP contribution in [-0.2, 0) is 0 Å². The van der Waals surface area contributed by atoms with Crippen molar-refractivity contribution in [2.45, 2.75) is 39.3 Å². The molecule has 1 heterocycles. The van der Waals surface area contributed by atoms with Crippen LogP contribution in [0, 0.1) is 0 Å². The van der Waals surface area contributed by atoms with Crippen LogP contribution in [0.4, 0.5) is 0 Å². The third-order valence-corrected chi connectivity index (χ3v) is 4.33. The molecule has 102 valence electrons. The monoisotopic (exact) mass is 263 g/mol. The summed E-state index contributed by atoms with van der Waals surface area (Å²) in [6.45, 7) is 9.62. The molecule has 0 aromatic heterocycles. The molecule has 0 bridgehead atoms. The van der Waals surface area contributed by atoms with E-state index < -0.39 is 0 Å². The van der Waals surface area contributed by atoms with E-state index in [1.807, 2.05) is 0 Å². The Labute approximate surface area is 122 Å². The Morgan fingerprint density at radius 2 is 1.50 bits per heavy atom. The second-order valence-electron chi connectivity index (χ2n) is 6.70. The fourth-order valence-corrected chi connectivity index (χ4v) is 3.61. The van der Waals surface area contributed by atoms with E-state index in [1.165, 1.54) is 16.5 Å². The van der Waals surface area contributed by atoms with E-state index in [9.17, 15) is 0 Å². The maximum absolute atomic E-state index is 2.63. The summed E-state index contributed by atoms with van der Waals surface area (Å²) in [5.74, 6) is 0. The molecule has 3 rings (SSSR count). The third kappa shape index (κ3) is 2.08. The molecule has 20 heavy (non-hydrogen) atoms. The highest BCUT2D eigenvalue weighted by atomic mass is 15.2. The predicted molar refractivity (Wildman–Crippen MR) is 87.9 cm³/mol. The molecule has 2 aromatic rings. The first-order chi connectivity index (χ1) is 9.50. The second kappa shape index (κ2) is 4.78. The van der Waals surface area contributed by atoms with Gasteiger partial charge in [-0.2, -0.15) is 0 Å². The molecule has 0 radical (unpaired) electrons. The Bertz CT molecular complexity index is 600. The van der Waals surface area contributed by atoms with Gasteiger partial charge in [-0.1, -0.05) is 65.5 Å². The van der Waals surface area contributed by atoms with Crippen molar-refractivity contribution in [2.24, 2.45) is 0 Å². The standard InChI is InChI=1S/C18H22BN/c1-14-16-12-8-9-13-17(16)19(20(14)18(2,3)4)15-10-6-5-7-11-15/h5-14H,1-4H3. The van der Waals surface area contributed by atoms with Gasteiger partial charge < -0.3 is 4.81 Å². The zero-order chi connectivity index (χ0) is 14.3. The van der Waals surface area contributed by atoms with Gasteiger partial charge in [0.05, 0.1) is 0 Å². The number of benzene rings is 2. The average molecular weight is 263 g/mol. The van der Waals surface area contributed by atoms with Crippen LogP contribution in [0.2, 0.25) is 0 Å². The topological polar surface area (TPSA) is 3.24 Å². The van der Waals surface area contributed by atoms with Crippen LogP contribution in [0.15, 0.2) is 54.6 Å². The molecule has 1 unspecified atom stereocenters. The SMILES string of the molecule is CC1c2ccccc2B(c2ccccc2)N1C(C)(C)C. The van der Waals surface area contributed by atoms with E-state index in [0.29, 0.717) is 12.9 Å². The van der Waals surface area contributed by atoms with Gasteiger partial charge >= 0.3 is 0 Å². The predicted octanol–water partition coefficient (Wildman–Crippen LogP) is 2.97. The van der Waals surface area contributed by atoms with E-state index in [1.54, 1.807) is 0 Å². The summed E-state index contributed by atoms with van der Waals surface area (Å²) in [6.07, 6.45) is 0. The van der Waals surface area contributed by atoms with Gasteiger partial charge in [0.2, 0.25) is 0 Å². The van der Waals surface area contributed by atoms with E-state index in [0.717, 1.165) is 0 Å². The number of hydrogen-bond donors (Lipinski definition) is 0. The van der Waals surface area contributed by atoms with Crippen molar-refractivity contribution in [3.05, 3.63) is 60.2 Å². The minimum absolute atomic E-state index is 0.138. The van der Waals surface area contributed by atoms with Crippen LogP contribution in [0.5, 0.6) is 0 Å². The van der Waals surface area contributed by atoms with E-state index >= 15 is 0 Å². The summed E-state index contributed by atoms with van der Waals surface area (Å²) in [5.41, 5.74) is 4.45. The van der Waals surface area contributed by atoms with Gasteiger partial charge in [-0.15, -0.1) is 0 Å². The van der Waals surface area contributed by atoms with Gasteiger partial charge in [0.1, 0.15) is 0 Å². The first kappa shape index (κ1) is 13.4. The van der Waals surface area contributed by atoms with Crippen molar-refractivity contribution in [3.63, 3.8) is 0 Å². The van der Waals surface area contributed by atoms with Gasteiger partial charge in [0.15, 0.2) is 0 Å². The molecule has 0 N–H and O–H groups in total. The number of fused-ring (bicyclic) bond motifs is 1. The van der Waals surface area contributed by atoms with Crippen molar-refractivity contribution >= 4 is 17.8 Å². The fourth-order valence-electron chi connectivity index (χ4n) is 3.61. The molecule has 2 heteroatoms. The molecule has 0 amide bonds. The van der Waals surface area contributed by atoms with E-state index in [2.05, 4.69) is 87.1 Å². The molecule has 0 spiro atoms. The van der Waals surface area contributed by atoms with Crippen LogP contribution >= 0.6 is 0 Å². The zero-order valence-corrected chi connectivity index (χ0v) is 12.8. The smallest absolute Gasteiger partial charge is 0.293 e. The lowest BCUT2D eigenvalue weighted by molar-refractivity contribution is 0.209. The van der Waals surface area contributed by atoms with Gasteiger partial charge in [-0.25, -0.2) is 0 Å².